The first-order chi connectivity index (χ1) is 8.86. The standard InChI is InChI=1S/C11H19NO7/c1-5(14)2-3-7(15)12-8-10(17)9(16)6(4-13)19-11(8)18/h6,8-11,13,16-18H,2-4H2,1H3,(H,12,15)/t6?,8?,9-,10+,11?/m0/s1. The van der Waals surface area contributed by atoms with Crippen LogP contribution in [0.2, 0.25) is 0 Å². The van der Waals surface area contributed by atoms with Gasteiger partial charge in [0, 0.05) is 12.8 Å². The molecule has 0 bridgehead atoms. The van der Waals surface area contributed by atoms with Crippen molar-refractivity contribution in [3.05, 3.63) is 0 Å². The Hall–Kier alpha value is -1.06. The Bertz CT molecular complexity index is 335. The van der Waals surface area contributed by atoms with Crippen LogP contribution in [0.15, 0.2) is 0 Å². The second-order valence-corrected chi connectivity index (χ2v) is 4.52. The number of carbonyl (C=O) groups is 2. The molecule has 0 aromatic rings. The van der Waals surface area contributed by atoms with Crippen LogP contribution in [-0.2, 0) is 14.3 Å². The lowest BCUT2D eigenvalue weighted by Crippen LogP contribution is -2.64. The van der Waals surface area contributed by atoms with Crippen molar-refractivity contribution in [1.82, 2.24) is 5.32 Å². The number of rotatable bonds is 5. The number of nitrogens with one attached hydrogen (secondary N) is 1. The van der Waals surface area contributed by atoms with Gasteiger partial charge in [0.2, 0.25) is 5.91 Å². The average molecular weight is 277 g/mol. The van der Waals surface area contributed by atoms with Gasteiger partial charge in [0.25, 0.3) is 0 Å². The molecular weight excluding hydrogens is 258 g/mol. The predicted octanol–water partition coefficient (Wildman–Crippen LogP) is -2.73. The van der Waals surface area contributed by atoms with E-state index in [0.717, 1.165) is 0 Å². The van der Waals surface area contributed by atoms with E-state index in [2.05, 4.69) is 5.32 Å². The van der Waals surface area contributed by atoms with E-state index in [4.69, 9.17) is 9.84 Å². The van der Waals surface area contributed by atoms with Gasteiger partial charge in [-0.3, -0.25) is 4.79 Å². The van der Waals surface area contributed by atoms with Crippen LogP contribution in [0, 0.1) is 0 Å². The molecule has 5 N–H and O–H groups in total. The number of hydrogen-bond donors (Lipinski definition) is 5. The number of Topliss-reactive ketones (excluding diaryl/α,β-unsaturated/α-hetero) is 1. The zero-order valence-electron chi connectivity index (χ0n) is 10.5. The fourth-order valence-corrected chi connectivity index (χ4v) is 1.80. The maximum Gasteiger partial charge on any atom is 0.220 e. The van der Waals surface area contributed by atoms with Gasteiger partial charge in [-0.25, -0.2) is 0 Å². The number of aliphatic hydroxyl groups is 4. The van der Waals surface area contributed by atoms with Crippen LogP contribution >= 0.6 is 0 Å². The van der Waals surface area contributed by atoms with E-state index in [-0.39, 0.29) is 18.6 Å². The third-order valence-electron chi connectivity index (χ3n) is 2.93. The van der Waals surface area contributed by atoms with Gasteiger partial charge < -0.3 is 35.3 Å². The molecule has 0 radical (unpaired) electrons. The van der Waals surface area contributed by atoms with Crippen LogP contribution in [-0.4, -0.2) is 69.4 Å². The van der Waals surface area contributed by atoms with Crippen molar-refractivity contribution < 1.29 is 34.8 Å². The topological polar surface area (TPSA) is 136 Å². The largest absolute Gasteiger partial charge is 0.394 e. The van der Waals surface area contributed by atoms with Gasteiger partial charge in [-0.2, -0.15) is 0 Å². The third kappa shape index (κ3) is 4.22. The van der Waals surface area contributed by atoms with Gasteiger partial charge in [0.15, 0.2) is 6.29 Å². The summed E-state index contributed by atoms with van der Waals surface area (Å²) in [4.78, 5) is 22.2. The molecule has 0 aromatic heterocycles. The first-order valence-corrected chi connectivity index (χ1v) is 5.96. The molecule has 1 amide bonds. The quantitative estimate of drug-likeness (QED) is 0.368. The summed E-state index contributed by atoms with van der Waals surface area (Å²) in [5.74, 6) is -0.701. The highest BCUT2D eigenvalue weighted by Gasteiger charge is 2.44. The smallest absolute Gasteiger partial charge is 0.220 e. The fourth-order valence-electron chi connectivity index (χ4n) is 1.80. The number of ketones is 1. The predicted molar refractivity (Wildman–Crippen MR) is 61.8 cm³/mol. The number of carbonyl (C=O) groups excluding carboxylic acids is 2. The molecule has 1 fully saturated rings. The van der Waals surface area contributed by atoms with Crippen molar-refractivity contribution in [2.45, 2.75) is 50.4 Å². The van der Waals surface area contributed by atoms with Crippen molar-refractivity contribution in [2.75, 3.05) is 6.61 Å². The molecule has 0 saturated carbocycles. The van der Waals surface area contributed by atoms with E-state index < -0.39 is 43.2 Å². The molecule has 8 heteroatoms. The highest BCUT2D eigenvalue weighted by atomic mass is 16.6. The molecule has 5 atom stereocenters. The van der Waals surface area contributed by atoms with Gasteiger partial charge in [-0.1, -0.05) is 0 Å². The molecule has 1 saturated heterocycles. The Morgan fingerprint density at radius 3 is 2.32 bits per heavy atom. The maximum absolute atomic E-state index is 11.5. The summed E-state index contributed by atoms with van der Waals surface area (Å²) in [5, 5.41) is 40.1. The van der Waals surface area contributed by atoms with Gasteiger partial charge >= 0.3 is 0 Å². The molecule has 1 heterocycles. The Morgan fingerprint density at radius 1 is 1.16 bits per heavy atom. The summed E-state index contributed by atoms with van der Waals surface area (Å²) < 4.78 is 4.87. The zero-order chi connectivity index (χ0) is 14.6. The van der Waals surface area contributed by atoms with Gasteiger partial charge in [-0.15, -0.1) is 0 Å². The SMILES string of the molecule is CC(=O)CCC(=O)NC1C(O)OC(CO)[C@H](O)[C@@H]1O. The summed E-state index contributed by atoms with van der Waals surface area (Å²) >= 11 is 0. The van der Waals surface area contributed by atoms with Crippen molar-refractivity contribution in [2.24, 2.45) is 0 Å². The summed E-state index contributed by atoms with van der Waals surface area (Å²) in [6.07, 6.45) is -5.58. The fraction of sp³-hybridized carbons (Fsp3) is 0.818. The van der Waals surface area contributed by atoms with Crippen LogP contribution in [0.1, 0.15) is 19.8 Å². The van der Waals surface area contributed by atoms with Crippen molar-refractivity contribution in [3.8, 4) is 0 Å². The molecule has 0 aliphatic carbocycles. The number of ether oxygens (including phenoxy) is 1. The van der Waals surface area contributed by atoms with Crippen LogP contribution in [0.25, 0.3) is 0 Å². The minimum atomic E-state index is -1.54. The number of amides is 1. The minimum Gasteiger partial charge on any atom is -0.394 e. The van der Waals surface area contributed by atoms with Gasteiger partial charge in [-0.05, 0) is 6.92 Å². The number of aliphatic hydroxyl groups excluding tert-OH is 4. The first kappa shape index (κ1) is 16.0. The molecule has 1 aliphatic heterocycles. The molecule has 1 rings (SSSR count). The second kappa shape index (κ2) is 6.92. The van der Waals surface area contributed by atoms with Gasteiger partial charge in [0.1, 0.15) is 30.1 Å². The second-order valence-electron chi connectivity index (χ2n) is 4.52. The van der Waals surface area contributed by atoms with E-state index in [0.29, 0.717) is 0 Å². The Labute approximate surface area is 110 Å². The van der Waals surface area contributed by atoms with E-state index in [1.165, 1.54) is 6.92 Å². The summed E-state index contributed by atoms with van der Waals surface area (Å²) in [5.41, 5.74) is 0. The Morgan fingerprint density at radius 2 is 1.79 bits per heavy atom. The van der Waals surface area contributed by atoms with Crippen LogP contribution in [0.3, 0.4) is 0 Å². The molecule has 0 aromatic carbocycles. The monoisotopic (exact) mass is 277 g/mol. The zero-order valence-corrected chi connectivity index (χ0v) is 10.5. The first-order valence-electron chi connectivity index (χ1n) is 5.96. The molecule has 3 unspecified atom stereocenters. The van der Waals surface area contributed by atoms with Crippen LogP contribution in [0.4, 0.5) is 0 Å². The van der Waals surface area contributed by atoms with Gasteiger partial charge in [0.05, 0.1) is 6.61 Å². The van der Waals surface area contributed by atoms with E-state index >= 15 is 0 Å². The highest BCUT2D eigenvalue weighted by Crippen LogP contribution is 2.19. The van der Waals surface area contributed by atoms with E-state index in [9.17, 15) is 24.9 Å². The molecule has 0 spiro atoms. The van der Waals surface area contributed by atoms with Crippen LogP contribution < -0.4 is 5.32 Å². The average Bonchev–Trinajstić information content (AvgIpc) is 2.36. The molecule has 110 valence electrons. The summed E-state index contributed by atoms with van der Waals surface area (Å²) in [6.45, 7) is 0.774. The lowest BCUT2D eigenvalue weighted by Gasteiger charge is -2.40. The van der Waals surface area contributed by atoms with E-state index in [1.807, 2.05) is 0 Å². The minimum absolute atomic E-state index is 0.0490. The maximum atomic E-state index is 11.5. The van der Waals surface area contributed by atoms with Crippen molar-refractivity contribution in [1.29, 1.82) is 0 Å². The summed E-state index contributed by atoms with van der Waals surface area (Å²) in [6, 6.07) is -1.21. The molecule has 19 heavy (non-hydrogen) atoms. The Balaban J connectivity index is 2.57. The van der Waals surface area contributed by atoms with E-state index in [1.54, 1.807) is 0 Å². The highest BCUT2D eigenvalue weighted by molar-refractivity contribution is 5.83. The molecule has 1 aliphatic rings. The normalized spacial score (nSPS) is 34.9. The lowest BCUT2D eigenvalue weighted by atomic mass is 9.97. The summed E-state index contributed by atoms with van der Waals surface area (Å²) in [7, 11) is 0. The molecule has 8 nitrogen and oxygen atoms in total. The lowest BCUT2D eigenvalue weighted by molar-refractivity contribution is -0.253. The van der Waals surface area contributed by atoms with Crippen molar-refractivity contribution in [3.63, 3.8) is 0 Å². The Kier molecular flexibility index (Phi) is 5.83. The molecular formula is C11H19NO7. The third-order valence-corrected chi connectivity index (χ3v) is 2.93. The van der Waals surface area contributed by atoms with Crippen molar-refractivity contribution >= 4 is 11.7 Å². The number of hydrogen-bond acceptors (Lipinski definition) is 7. The van der Waals surface area contributed by atoms with Crippen LogP contribution in [0.5, 0.6) is 0 Å².